The normalized spacial score (nSPS) is 14.3. The number of hydrogen-bond acceptors (Lipinski definition) is 4. The number of nitrogens with one attached hydrogen (secondary N) is 1. The number of carbonyl (C=O) groups is 2. The molecule has 3 rings (SSSR count). The van der Waals surface area contributed by atoms with Crippen molar-refractivity contribution in [2.24, 2.45) is 5.92 Å². The highest BCUT2D eigenvalue weighted by Crippen LogP contribution is 2.25. The van der Waals surface area contributed by atoms with Crippen LogP contribution < -0.4 is 10.1 Å². The average Bonchev–Trinajstić information content (AvgIpc) is 2.73. The molecule has 0 bridgehead atoms. The van der Waals surface area contributed by atoms with Crippen molar-refractivity contribution in [3.05, 3.63) is 59.7 Å². The van der Waals surface area contributed by atoms with E-state index in [1.54, 1.807) is 48.4 Å². The first-order valence-corrected chi connectivity index (χ1v) is 8.86. The maximum absolute atomic E-state index is 12.7. The second kappa shape index (κ2) is 8.37. The lowest BCUT2D eigenvalue weighted by Crippen LogP contribution is -2.41. The van der Waals surface area contributed by atoms with E-state index in [9.17, 15) is 9.59 Å². The summed E-state index contributed by atoms with van der Waals surface area (Å²) in [6.45, 7) is 1.02. The van der Waals surface area contributed by atoms with Gasteiger partial charge in [0.2, 0.25) is 5.91 Å². The van der Waals surface area contributed by atoms with Crippen molar-refractivity contribution in [2.45, 2.75) is 12.8 Å². The Hall–Kier alpha value is -3.33. The molecule has 1 fully saturated rings. The first-order valence-electron chi connectivity index (χ1n) is 8.86. The molecule has 0 aliphatic carbocycles. The summed E-state index contributed by atoms with van der Waals surface area (Å²) in [5, 5.41) is 12.0. The van der Waals surface area contributed by atoms with Gasteiger partial charge in [-0.3, -0.25) is 9.59 Å². The molecule has 0 saturated carbocycles. The summed E-state index contributed by atoms with van der Waals surface area (Å²) in [4.78, 5) is 27.0. The van der Waals surface area contributed by atoms with Crippen molar-refractivity contribution in [3.63, 3.8) is 0 Å². The van der Waals surface area contributed by atoms with Crippen LogP contribution in [0.4, 0.5) is 5.69 Å². The number of benzene rings is 2. The standard InChI is InChI=1S/C21H21N3O3/c1-27-19-9-5-3-7-17(19)21(26)24-12-10-15(11-13-24)20(25)23-18-8-4-2-6-16(18)14-22/h2-9,15H,10-13H2,1H3,(H,23,25). The van der Waals surface area contributed by atoms with Gasteiger partial charge >= 0.3 is 0 Å². The van der Waals surface area contributed by atoms with E-state index in [-0.39, 0.29) is 17.7 Å². The molecule has 27 heavy (non-hydrogen) atoms. The van der Waals surface area contributed by atoms with Crippen LogP contribution in [0, 0.1) is 17.2 Å². The lowest BCUT2D eigenvalue weighted by molar-refractivity contribution is -0.121. The van der Waals surface area contributed by atoms with Gasteiger partial charge < -0.3 is 15.0 Å². The second-order valence-electron chi connectivity index (χ2n) is 6.41. The number of likely N-dealkylation sites (tertiary alicyclic amines) is 1. The highest BCUT2D eigenvalue weighted by molar-refractivity contribution is 5.97. The van der Waals surface area contributed by atoms with Crippen LogP contribution in [-0.2, 0) is 4.79 Å². The van der Waals surface area contributed by atoms with Gasteiger partial charge in [0, 0.05) is 19.0 Å². The van der Waals surface area contributed by atoms with Crippen LogP contribution in [0.1, 0.15) is 28.8 Å². The number of anilines is 1. The molecule has 138 valence electrons. The predicted molar refractivity (Wildman–Crippen MR) is 101 cm³/mol. The zero-order chi connectivity index (χ0) is 19.2. The molecule has 2 aromatic rings. The number of nitrogens with zero attached hydrogens (tertiary/aromatic N) is 2. The highest BCUT2D eigenvalue weighted by Gasteiger charge is 2.29. The largest absolute Gasteiger partial charge is 0.496 e. The number of ether oxygens (including phenoxy) is 1. The third kappa shape index (κ3) is 4.09. The lowest BCUT2D eigenvalue weighted by Gasteiger charge is -2.31. The third-order valence-corrected chi connectivity index (χ3v) is 4.80. The number of rotatable bonds is 4. The fourth-order valence-corrected chi connectivity index (χ4v) is 3.26. The molecule has 2 aromatic carbocycles. The molecular formula is C21H21N3O3. The fourth-order valence-electron chi connectivity index (χ4n) is 3.26. The van der Waals surface area contributed by atoms with E-state index in [1.165, 1.54) is 0 Å². The van der Waals surface area contributed by atoms with Gasteiger partial charge in [-0.05, 0) is 37.1 Å². The van der Waals surface area contributed by atoms with Crippen molar-refractivity contribution in [1.29, 1.82) is 5.26 Å². The Kier molecular flexibility index (Phi) is 5.72. The molecule has 0 atom stereocenters. The Morgan fingerprint density at radius 3 is 2.48 bits per heavy atom. The van der Waals surface area contributed by atoms with Gasteiger partial charge in [0.25, 0.3) is 5.91 Å². The maximum Gasteiger partial charge on any atom is 0.257 e. The zero-order valence-electron chi connectivity index (χ0n) is 15.1. The summed E-state index contributed by atoms with van der Waals surface area (Å²) in [5.74, 6) is 0.178. The molecule has 0 aromatic heterocycles. The van der Waals surface area contributed by atoms with Crippen molar-refractivity contribution >= 4 is 17.5 Å². The molecule has 1 aliphatic heterocycles. The molecule has 6 nitrogen and oxygen atoms in total. The average molecular weight is 363 g/mol. The number of carbonyl (C=O) groups excluding carboxylic acids is 2. The first-order chi connectivity index (χ1) is 13.1. The highest BCUT2D eigenvalue weighted by atomic mass is 16.5. The van der Waals surface area contributed by atoms with Gasteiger partial charge in [-0.2, -0.15) is 5.26 Å². The summed E-state index contributed by atoms with van der Waals surface area (Å²) in [5.41, 5.74) is 1.50. The minimum absolute atomic E-state index is 0.0823. The van der Waals surface area contributed by atoms with Gasteiger partial charge in [-0.15, -0.1) is 0 Å². The molecule has 1 aliphatic rings. The molecule has 2 amide bonds. The van der Waals surface area contributed by atoms with Gasteiger partial charge in [0.05, 0.1) is 23.9 Å². The number of methoxy groups -OCH3 is 1. The Labute approximate surface area is 158 Å². The van der Waals surface area contributed by atoms with Gasteiger partial charge in [-0.25, -0.2) is 0 Å². The Bertz CT molecular complexity index is 880. The summed E-state index contributed by atoms with van der Waals surface area (Å²) >= 11 is 0. The molecule has 0 unspecified atom stereocenters. The minimum Gasteiger partial charge on any atom is -0.496 e. The Morgan fingerprint density at radius 1 is 1.11 bits per heavy atom. The van der Waals surface area contributed by atoms with Crippen LogP contribution in [0.15, 0.2) is 48.5 Å². The van der Waals surface area contributed by atoms with Crippen LogP contribution in [-0.4, -0.2) is 36.9 Å². The van der Waals surface area contributed by atoms with Crippen LogP contribution in [0.25, 0.3) is 0 Å². The fraction of sp³-hybridized carbons (Fsp3) is 0.286. The number of nitriles is 1. The molecule has 6 heteroatoms. The predicted octanol–water partition coefficient (Wildman–Crippen LogP) is 3.06. The maximum atomic E-state index is 12.7. The third-order valence-electron chi connectivity index (χ3n) is 4.80. The lowest BCUT2D eigenvalue weighted by atomic mass is 9.95. The zero-order valence-corrected chi connectivity index (χ0v) is 15.1. The SMILES string of the molecule is COc1ccccc1C(=O)N1CCC(C(=O)Nc2ccccc2C#N)CC1. The number of hydrogen-bond donors (Lipinski definition) is 1. The monoisotopic (exact) mass is 363 g/mol. The van der Waals surface area contributed by atoms with Gasteiger partial charge in [-0.1, -0.05) is 24.3 Å². The molecule has 1 heterocycles. The summed E-state index contributed by atoms with van der Waals surface area (Å²) in [6, 6.07) is 16.2. The van der Waals surface area contributed by atoms with Crippen LogP contribution in [0.2, 0.25) is 0 Å². The quantitative estimate of drug-likeness (QED) is 0.905. The van der Waals surface area contributed by atoms with E-state index >= 15 is 0 Å². The number of piperidine rings is 1. The molecule has 1 N–H and O–H groups in total. The molecule has 0 spiro atoms. The van der Waals surface area contributed by atoms with E-state index < -0.39 is 0 Å². The van der Waals surface area contributed by atoms with Crippen molar-refractivity contribution in [2.75, 3.05) is 25.5 Å². The van der Waals surface area contributed by atoms with Crippen LogP contribution in [0.3, 0.4) is 0 Å². The van der Waals surface area contributed by atoms with Gasteiger partial charge in [0.15, 0.2) is 0 Å². The summed E-state index contributed by atoms with van der Waals surface area (Å²) < 4.78 is 5.27. The summed E-state index contributed by atoms with van der Waals surface area (Å²) in [6.07, 6.45) is 1.17. The van der Waals surface area contributed by atoms with Crippen molar-refractivity contribution in [3.8, 4) is 11.8 Å². The van der Waals surface area contributed by atoms with E-state index in [2.05, 4.69) is 11.4 Å². The van der Waals surface area contributed by atoms with Crippen molar-refractivity contribution < 1.29 is 14.3 Å². The van der Waals surface area contributed by atoms with E-state index in [0.29, 0.717) is 48.5 Å². The number of amides is 2. The van der Waals surface area contributed by atoms with Crippen LogP contribution in [0.5, 0.6) is 5.75 Å². The molecule has 0 radical (unpaired) electrons. The minimum atomic E-state index is -0.182. The smallest absolute Gasteiger partial charge is 0.257 e. The topological polar surface area (TPSA) is 82.4 Å². The Morgan fingerprint density at radius 2 is 1.78 bits per heavy atom. The second-order valence-corrected chi connectivity index (χ2v) is 6.41. The van der Waals surface area contributed by atoms with E-state index in [0.717, 1.165) is 0 Å². The van der Waals surface area contributed by atoms with Crippen LogP contribution >= 0.6 is 0 Å². The summed E-state index contributed by atoms with van der Waals surface area (Å²) in [7, 11) is 1.54. The number of para-hydroxylation sites is 2. The molecule has 1 saturated heterocycles. The van der Waals surface area contributed by atoms with E-state index in [1.807, 2.05) is 12.1 Å². The molecular weight excluding hydrogens is 342 g/mol. The Balaban J connectivity index is 1.61. The first kappa shape index (κ1) is 18.5. The van der Waals surface area contributed by atoms with E-state index in [4.69, 9.17) is 10.00 Å². The van der Waals surface area contributed by atoms with Crippen molar-refractivity contribution in [1.82, 2.24) is 4.90 Å². The van der Waals surface area contributed by atoms with Gasteiger partial charge in [0.1, 0.15) is 11.8 Å².